The fraction of sp³-hybridized carbons (Fsp3) is 0.250. The van der Waals surface area contributed by atoms with Crippen molar-refractivity contribution in [1.82, 2.24) is 20.1 Å². The van der Waals surface area contributed by atoms with Gasteiger partial charge in [0.25, 0.3) is 5.91 Å². The molecule has 9 heteroatoms. The van der Waals surface area contributed by atoms with Gasteiger partial charge in [-0.1, -0.05) is 12.1 Å². The topological polar surface area (TPSA) is 59.8 Å². The molecule has 2 heterocycles. The largest absolute Gasteiger partial charge is 0.416 e. The quantitative estimate of drug-likeness (QED) is 0.665. The highest BCUT2D eigenvalue weighted by Gasteiger charge is 2.32. The fourth-order valence-electron chi connectivity index (χ4n) is 3.50. The lowest BCUT2D eigenvalue weighted by molar-refractivity contribution is -0.137. The van der Waals surface area contributed by atoms with Gasteiger partial charge in [0.2, 0.25) is 0 Å². The fourth-order valence-corrected chi connectivity index (χ4v) is 3.50. The van der Waals surface area contributed by atoms with Crippen LogP contribution in [0.5, 0.6) is 0 Å². The summed E-state index contributed by atoms with van der Waals surface area (Å²) in [6.07, 6.45) is -0.0742. The molecule has 0 saturated heterocycles. The van der Waals surface area contributed by atoms with E-state index in [1.54, 1.807) is 24.4 Å². The molecule has 1 amide bonds. The van der Waals surface area contributed by atoms with E-state index in [-0.39, 0.29) is 5.69 Å². The predicted octanol–water partition coefficient (Wildman–Crippen LogP) is 4.23. The van der Waals surface area contributed by atoms with Crippen LogP contribution in [0.4, 0.5) is 17.6 Å². The molecule has 0 bridgehead atoms. The molecule has 1 aromatic carbocycles. The molecule has 4 rings (SSSR count). The minimum Gasteiger partial charge on any atom is -0.344 e. The van der Waals surface area contributed by atoms with Crippen molar-refractivity contribution in [3.63, 3.8) is 0 Å². The Kier molecular flexibility index (Phi) is 4.81. The number of nitrogens with zero attached hydrogens (tertiary/aromatic N) is 3. The van der Waals surface area contributed by atoms with Crippen LogP contribution in [0.15, 0.2) is 48.8 Å². The Labute approximate surface area is 163 Å². The molecule has 1 N–H and O–H groups in total. The van der Waals surface area contributed by atoms with Crippen LogP contribution in [0.3, 0.4) is 0 Å². The van der Waals surface area contributed by atoms with Gasteiger partial charge in [0.1, 0.15) is 17.2 Å². The Balaban J connectivity index is 1.60. The third kappa shape index (κ3) is 3.72. The van der Waals surface area contributed by atoms with Gasteiger partial charge in [0, 0.05) is 17.5 Å². The number of nitrogens with one attached hydrogen (secondary N) is 1. The first-order valence-electron chi connectivity index (χ1n) is 9.00. The molecule has 0 saturated carbocycles. The molecule has 0 unspecified atom stereocenters. The van der Waals surface area contributed by atoms with Crippen LogP contribution in [0.1, 0.15) is 46.2 Å². The number of fused-ring (bicyclic) bond motifs is 1. The summed E-state index contributed by atoms with van der Waals surface area (Å²) in [5.74, 6) is -1.12. The van der Waals surface area contributed by atoms with Gasteiger partial charge in [-0.25, -0.2) is 9.07 Å². The van der Waals surface area contributed by atoms with Crippen LogP contribution in [-0.4, -0.2) is 20.7 Å². The van der Waals surface area contributed by atoms with E-state index in [2.05, 4.69) is 15.4 Å². The average Bonchev–Trinajstić information content (AvgIpc) is 3.13. The smallest absolute Gasteiger partial charge is 0.344 e. The van der Waals surface area contributed by atoms with Gasteiger partial charge < -0.3 is 5.32 Å². The van der Waals surface area contributed by atoms with E-state index in [1.165, 1.54) is 10.7 Å². The van der Waals surface area contributed by atoms with Gasteiger partial charge >= 0.3 is 6.18 Å². The number of benzene rings is 1. The van der Waals surface area contributed by atoms with Crippen molar-refractivity contribution in [3.8, 4) is 5.69 Å². The number of alkyl halides is 3. The van der Waals surface area contributed by atoms with Crippen LogP contribution in [-0.2, 0) is 12.6 Å². The summed E-state index contributed by atoms with van der Waals surface area (Å²) in [7, 11) is 0. The molecule has 2 aromatic heterocycles. The van der Waals surface area contributed by atoms with Crippen molar-refractivity contribution in [2.24, 2.45) is 0 Å². The number of halogens is 4. The summed E-state index contributed by atoms with van der Waals surface area (Å²) in [6.45, 7) is 0. The van der Waals surface area contributed by atoms with Crippen molar-refractivity contribution in [2.75, 3.05) is 0 Å². The van der Waals surface area contributed by atoms with Crippen molar-refractivity contribution in [3.05, 3.63) is 77.1 Å². The number of rotatable bonds is 3. The second-order valence-corrected chi connectivity index (χ2v) is 6.76. The lowest BCUT2D eigenvalue weighted by Gasteiger charge is -2.24. The number of hydrogen-bond acceptors (Lipinski definition) is 3. The summed E-state index contributed by atoms with van der Waals surface area (Å²) in [6, 6.07) is 7.33. The zero-order valence-corrected chi connectivity index (χ0v) is 15.1. The maximum absolute atomic E-state index is 14.2. The van der Waals surface area contributed by atoms with E-state index in [1.807, 2.05) is 0 Å². The highest BCUT2D eigenvalue weighted by atomic mass is 19.4. The van der Waals surface area contributed by atoms with Crippen LogP contribution >= 0.6 is 0 Å². The van der Waals surface area contributed by atoms with Gasteiger partial charge in [-0.3, -0.25) is 9.78 Å². The molecular formula is C20H16F4N4O. The average molecular weight is 404 g/mol. The van der Waals surface area contributed by atoms with Gasteiger partial charge in [-0.15, -0.1) is 0 Å². The van der Waals surface area contributed by atoms with Gasteiger partial charge in [0.15, 0.2) is 0 Å². The standard InChI is InChI=1S/C20H16F4N4O/c21-14-4-1-2-6-18(14)28-17-7-3-5-15(13(17)11-26-28)27-19(29)16-10-12(8-9-25-16)20(22,23)24/h1-2,4,6,8-11,15H,3,5,7H2,(H,27,29)/t15-/m1/s1. The highest BCUT2D eigenvalue weighted by molar-refractivity contribution is 5.92. The van der Waals surface area contributed by atoms with Crippen LogP contribution in [0, 0.1) is 5.82 Å². The predicted molar refractivity (Wildman–Crippen MR) is 95.9 cm³/mol. The van der Waals surface area contributed by atoms with E-state index < -0.39 is 29.5 Å². The molecule has 1 aliphatic carbocycles. The Bertz CT molecular complexity index is 1060. The SMILES string of the molecule is O=C(N[C@@H]1CCCc2c1cnn2-c1ccccc1F)c1cc(C(F)(F)F)ccn1. The second-order valence-electron chi connectivity index (χ2n) is 6.76. The number of amides is 1. The van der Waals surface area contributed by atoms with Crippen molar-refractivity contribution < 1.29 is 22.4 Å². The Hall–Kier alpha value is -3.23. The first-order valence-corrected chi connectivity index (χ1v) is 9.00. The lowest BCUT2D eigenvalue weighted by Crippen LogP contribution is -2.31. The van der Waals surface area contributed by atoms with Gasteiger partial charge in [-0.05, 0) is 43.5 Å². The van der Waals surface area contributed by atoms with E-state index in [4.69, 9.17) is 0 Å². The van der Waals surface area contributed by atoms with E-state index in [0.717, 1.165) is 29.6 Å². The third-order valence-corrected chi connectivity index (χ3v) is 4.89. The maximum Gasteiger partial charge on any atom is 0.416 e. The molecule has 0 fully saturated rings. The Morgan fingerprint density at radius 2 is 2.00 bits per heavy atom. The zero-order valence-electron chi connectivity index (χ0n) is 15.1. The minimum atomic E-state index is -4.56. The molecule has 5 nitrogen and oxygen atoms in total. The van der Waals surface area contributed by atoms with Crippen molar-refractivity contribution in [2.45, 2.75) is 31.5 Å². The van der Waals surface area contributed by atoms with Crippen molar-refractivity contribution >= 4 is 5.91 Å². The number of para-hydroxylation sites is 1. The summed E-state index contributed by atoms with van der Waals surface area (Å²) < 4.78 is 54.3. The monoisotopic (exact) mass is 404 g/mol. The highest BCUT2D eigenvalue weighted by Crippen LogP contribution is 2.32. The maximum atomic E-state index is 14.2. The normalized spacial score (nSPS) is 16.3. The number of hydrogen-bond donors (Lipinski definition) is 1. The molecule has 29 heavy (non-hydrogen) atoms. The van der Waals surface area contributed by atoms with Crippen LogP contribution in [0.25, 0.3) is 5.69 Å². The summed E-state index contributed by atoms with van der Waals surface area (Å²) >= 11 is 0. The number of aromatic nitrogens is 3. The molecule has 1 aliphatic rings. The summed E-state index contributed by atoms with van der Waals surface area (Å²) in [5, 5.41) is 7.00. The molecule has 0 radical (unpaired) electrons. The summed E-state index contributed by atoms with van der Waals surface area (Å²) in [4.78, 5) is 16.3. The number of pyridine rings is 1. The van der Waals surface area contributed by atoms with Crippen molar-refractivity contribution in [1.29, 1.82) is 0 Å². The first-order chi connectivity index (χ1) is 13.8. The van der Waals surface area contributed by atoms with E-state index in [9.17, 15) is 22.4 Å². The van der Waals surface area contributed by atoms with Crippen LogP contribution in [0.2, 0.25) is 0 Å². The lowest BCUT2D eigenvalue weighted by atomic mass is 9.92. The molecule has 150 valence electrons. The number of carbonyl (C=O) groups is 1. The minimum absolute atomic E-state index is 0.306. The zero-order chi connectivity index (χ0) is 20.6. The Morgan fingerprint density at radius 1 is 1.21 bits per heavy atom. The molecule has 3 aromatic rings. The van der Waals surface area contributed by atoms with E-state index >= 15 is 0 Å². The van der Waals surface area contributed by atoms with Crippen LogP contribution < -0.4 is 5.32 Å². The van der Waals surface area contributed by atoms with Gasteiger partial charge in [-0.2, -0.15) is 18.3 Å². The molecule has 0 aliphatic heterocycles. The van der Waals surface area contributed by atoms with E-state index in [0.29, 0.717) is 24.9 Å². The molecular weight excluding hydrogens is 388 g/mol. The third-order valence-electron chi connectivity index (χ3n) is 4.89. The summed E-state index contributed by atoms with van der Waals surface area (Å²) in [5.41, 5.74) is 0.548. The first kappa shape index (κ1) is 19.1. The molecule has 1 atom stereocenters. The second kappa shape index (κ2) is 7.31. The Morgan fingerprint density at radius 3 is 2.76 bits per heavy atom. The number of carbonyl (C=O) groups excluding carboxylic acids is 1. The van der Waals surface area contributed by atoms with Gasteiger partial charge in [0.05, 0.1) is 17.8 Å². The molecule has 0 spiro atoms.